The van der Waals surface area contributed by atoms with E-state index in [1.807, 2.05) is 36.4 Å². The molecule has 0 fully saturated rings. The monoisotopic (exact) mass is 323 g/mol. The van der Waals surface area contributed by atoms with E-state index in [1.165, 1.54) is 0 Å². The van der Waals surface area contributed by atoms with E-state index in [1.54, 1.807) is 4.80 Å². The molecule has 4 nitrogen and oxygen atoms in total. The molecule has 3 rings (SSSR count). The van der Waals surface area contributed by atoms with Crippen molar-refractivity contribution in [2.45, 2.75) is 52.4 Å². The Morgan fingerprint density at radius 1 is 0.792 bits per heavy atom. The normalized spacial score (nSPS) is 12.8. The van der Waals surface area contributed by atoms with Crippen LogP contribution in [0.2, 0.25) is 0 Å². The van der Waals surface area contributed by atoms with E-state index in [9.17, 15) is 5.11 Å². The van der Waals surface area contributed by atoms with Crippen LogP contribution in [0.1, 0.15) is 52.7 Å². The van der Waals surface area contributed by atoms with Gasteiger partial charge in [-0.1, -0.05) is 59.7 Å². The first-order valence-corrected chi connectivity index (χ1v) is 8.28. The molecule has 0 aliphatic rings. The highest BCUT2D eigenvalue weighted by Crippen LogP contribution is 2.41. The van der Waals surface area contributed by atoms with Crippen molar-refractivity contribution in [3.05, 3.63) is 47.5 Å². The Kier molecular flexibility index (Phi) is 3.67. The number of hydrogen-bond donors (Lipinski definition) is 1. The van der Waals surface area contributed by atoms with Gasteiger partial charge in [-0.3, -0.25) is 0 Å². The second-order valence-corrected chi connectivity index (χ2v) is 8.33. The third-order valence-electron chi connectivity index (χ3n) is 4.22. The summed E-state index contributed by atoms with van der Waals surface area (Å²) in [5, 5.41) is 20.2. The minimum Gasteiger partial charge on any atom is -0.507 e. The van der Waals surface area contributed by atoms with Gasteiger partial charge < -0.3 is 5.11 Å². The topological polar surface area (TPSA) is 50.9 Å². The van der Waals surface area contributed by atoms with Gasteiger partial charge in [-0.25, -0.2) is 0 Å². The number of aromatic hydroxyl groups is 1. The van der Waals surface area contributed by atoms with Gasteiger partial charge in [0, 0.05) is 5.56 Å². The van der Waals surface area contributed by atoms with Crippen LogP contribution < -0.4 is 0 Å². The number of phenolic OH excluding ortho intramolecular Hbond substituents is 1. The van der Waals surface area contributed by atoms with E-state index in [0.29, 0.717) is 5.75 Å². The molecule has 4 heteroatoms. The fourth-order valence-corrected chi connectivity index (χ4v) is 3.06. The van der Waals surface area contributed by atoms with Crippen LogP contribution in [0.15, 0.2) is 36.4 Å². The summed E-state index contributed by atoms with van der Waals surface area (Å²) in [6.07, 6.45) is 0. The number of fused-ring (bicyclic) bond motifs is 1. The summed E-state index contributed by atoms with van der Waals surface area (Å²) in [5.41, 5.74) is 3.95. The molecule has 0 bridgehead atoms. The lowest BCUT2D eigenvalue weighted by Gasteiger charge is -2.28. The Bertz CT molecular complexity index is 862. The summed E-state index contributed by atoms with van der Waals surface area (Å²) >= 11 is 0. The van der Waals surface area contributed by atoms with Crippen molar-refractivity contribution < 1.29 is 5.11 Å². The van der Waals surface area contributed by atoms with E-state index >= 15 is 0 Å². The van der Waals surface area contributed by atoms with Crippen LogP contribution in [0, 0.1) is 0 Å². The third-order valence-corrected chi connectivity index (χ3v) is 4.22. The maximum Gasteiger partial charge on any atom is 0.125 e. The number of phenols is 1. The number of hydrogen-bond acceptors (Lipinski definition) is 3. The van der Waals surface area contributed by atoms with Gasteiger partial charge >= 0.3 is 0 Å². The predicted octanol–water partition coefficient (Wildman–Crippen LogP) is 4.72. The van der Waals surface area contributed by atoms with Crippen LogP contribution in [0.5, 0.6) is 5.75 Å². The van der Waals surface area contributed by atoms with Crippen LogP contribution in [-0.2, 0) is 10.8 Å². The molecule has 1 N–H and O–H groups in total. The fraction of sp³-hybridized carbons (Fsp3) is 0.400. The first kappa shape index (κ1) is 16.5. The Balaban J connectivity index is 2.30. The van der Waals surface area contributed by atoms with Crippen molar-refractivity contribution in [1.29, 1.82) is 0 Å². The number of rotatable bonds is 1. The molecule has 24 heavy (non-hydrogen) atoms. The van der Waals surface area contributed by atoms with E-state index < -0.39 is 0 Å². The van der Waals surface area contributed by atoms with E-state index in [-0.39, 0.29) is 10.8 Å². The first-order chi connectivity index (χ1) is 11.1. The van der Waals surface area contributed by atoms with Crippen molar-refractivity contribution in [2.24, 2.45) is 0 Å². The second-order valence-electron chi connectivity index (χ2n) is 8.33. The zero-order valence-electron chi connectivity index (χ0n) is 15.3. The molecular weight excluding hydrogens is 298 g/mol. The van der Waals surface area contributed by atoms with Gasteiger partial charge in [-0.2, -0.15) is 0 Å². The van der Waals surface area contributed by atoms with Gasteiger partial charge in [0.1, 0.15) is 16.8 Å². The van der Waals surface area contributed by atoms with Gasteiger partial charge in [-0.15, -0.1) is 15.0 Å². The number of aromatic nitrogens is 3. The third kappa shape index (κ3) is 2.77. The van der Waals surface area contributed by atoms with Crippen molar-refractivity contribution in [3.8, 4) is 11.4 Å². The lowest BCUT2D eigenvalue weighted by molar-refractivity contribution is 0.421. The highest BCUT2D eigenvalue weighted by atomic mass is 16.3. The Labute approximate surface area is 143 Å². The van der Waals surface area contributed by atoms with E-state index in [2.05, 4.69) is 51.7 Å². The molecule has 0 amide bonds. The zero-order valence-corrected chi connectivity index (χ0v) is 15.3. The van der Waals surface area contributed by atoms with Crippen LogP contribution in [-0.4, -0.2) is 20.1 Å². The summed E-state index contributed by atoms with van der Waals surface area (Å²) in [6, 6.07) is 11.8. The molecule has 126 valence electrons. The molecule has 0 aliphatic heterocycles. The zero-order chi connectivity index (χ0) is 17.7. The molecule has 0 saturated heterocycles. The average Bonchev–Trinajstić information content (AvgIpc) is 2.87. The number of nitrogens with zero attached hydrogens (tertiary/aromatic N) is 3. The molecular formula is C20H25N3O. The summed E-state index contributed by atoms with van der Waals surface area (Å²) in [4.78, 5) is 1.64. The van der Waals surface area contributed by atoms with Crippen molar-refractivity contribution >= 4 is 11.0 Å². The van der Waals surface area contributed by atoms with Crippen LogP contribution >= 0.6 is 0 Å². The molecule has 1 heterocycles. The lowest BCUT2D eigenvalue weighted by atomic mass is 9.78. The SMILES string of the molecule is CC(C)(C)c1ccc(-n2nc3ccccc3n2)c(C(C)(C)C)c1O. The van der Waals surface area contributed by atoms with Crippen molar-refractivity contribution in [1.82, 2.24) is 15.0 Å². The largest absolute Gasteiger partial charge is 0.507 e. The first-order valence-electron chi connectivity index (χ1n) is 8.28. The van der Waals surface area contributed by atoms with Gasteiger partial charge in [0.15, 0.2) is 0 Å². The summed E-state index contributed by atoms with van der Waals surface area (Å²) in [7, 11) is 0. The highest BCUT2D eigenvalue weighted by Gasteiger charge is 2.29. The quantitative estimate of drug-likeness (QED) is 0.705. The molecule has 3 aromatic rings. The molecule has 0 radical (unpaired) electrons. The standard InChI is InChI=1S/C20H25N3O/c1-19(2,3)13-11-12-16(17(18(13)24)20(4,5)6)23-21-14-9-7-8-10-15(14)22-23/h7-12,24H,1-6H3. The maximum atomic E-state index is 11.0. The van der Waals surface area contributed by atoms with Crippen LogP contribution in [0.25, 0.3) is 16.7 Å². The van der Waals surface area contributed by atoms with Crippen LogP contribution in [0.3, 0.4) is 0 Å². The summed E-state index contributed by atoms with van der Waals surface area (Å²) < 4.78 is 0. The Morgan fingerprint density at radius 3 is 1.79 bits per heavy atom. The molecule has 0 saturated carbocycles. The van der Waals surface area contributed by atoms with Gasteiger partial charge in [0.2, 0.25) is 0 Å². The number of benzene rings is 2. The highest BCUT2D eigenvalue weighted by molar-refractivity contribution is 5.73. The minimum absolute atomic E-state index is 0.134. The molecule has 1 aromatic heterocycles. The van der Waals surface area contributed by atoms with Gasteiger partial charge in [0.05, 0.1) is 5.69 Å². The molecule has 0 spiro atoms. The summed E-state index contributed by atoms with van der Waals surface area (Å²) in [5.74, 6) is 0.342. The second kappa shape index (κ2) is 5.33. The van der Waals surface area contributed by atoms with Gasteiger partial charge in [-0.05, 0) is 34.6 Å². The molecule has 0 unspecified atom stereocenters. The van der Waals surface area contributed by atoms with Crippen molar-refractivity contribution in [3.63, 3.8) is 0 Å². The van der Waals surface area contributed by atoms with E-state index in [4.69, 9.17) is 0 Å². The molecule has 0 atom stereocenters. The smallest absolute Gasteiger partial charge is 0.125 e. The van der Waals surface area contributed by atoms with Gasteiger partial charge in [0.25, 0.3) is 0 Å². The van der Waals surface area contributed by atoms with Crippen LogP contribution in [0.4, 0.5) is 0 Å². The summed E-state index contributed by atoms with van der Waals surface area (Å²) in [6.45, 7) is 12.6. The molecule has 0 aliphatic carbocycles. The minimum atomic E-state index is -0.236. The van der Waals surface area contributed by atoms with E-state index in [0.717, 1.165) is 27.8 Å². The molecule has 2 aromatic carbocycles. The maximum absolute atomic E-state index is 11.0. The fourth-order valence-electron chi connectivity index (χ4n) is 3.06. The Morgan fingerprint density at radius 2 is 1.33 bits per heavy atom. The average molecular weight is 323 g/mol. The predicted molar refractivity (Wildman–Crippen MR) is 97.9 cm³/mol. The Hall–Kier alpha value is -2.36. The van der Waals surface area contributed by atoms with Crippen molar-refractivity contribution in [2.75, 3.05) is 0 Å². The lowest BCUT2D eigenvalue weighted by Crippen LogP contribution is -2.20.